The molecule has 1 aromatic heterocycles. The van der Waals surface area contributed by atoms with Crippen LogP contribution in [0.5, 0.6) is 0 Å². The molecule has 2 N–H and O–H groups in total. The van der Waals surface area contributed by atoms with Crippen molar-refractivity contribution in [2.24, 2.45) is 0 Å². The van der Waals surface area contributed by atoms with Crippen LogP contribution in [0.4, 0.5) is 10.2 Å². The molecule has 106 valence electrons. The smallest absolute Gasteiger partial charge is 0.338 e. The van der Waals surface area contributed by atoms with Gasteiger partial charge >= 0.3 is 5.97 Å². The van der Waals surface area contributed by atoms with Crippen LogP contribution in [0.15, 0.2) is 12.3 Å². The number of pyridine rings is 1. The van der Waals surface area contributed by atoms with Crippen LogP contribution in [-0.4, -0.2) is 40.0 Å². The number of carbonyl (C=O) groups excluding carboxylic acids is 2. The lowest BCUT2D eigenvalue weighted by Crippen LogP contribution is -2.64. The fourth-order valence-electron chi connectivity index (χ4n) is 1.91. The number of imide groups is 1. The number of piperazine rings is 1. The van der Waals surface area contributed by atoms with Gasteiger partial charge in [-0.2, -0.15) is 0 Å². The maximum atomic E-state index is 14.2. The minimum absolute atomic E-state index is 0.286. The van der Waals surface area contributed by atoms with Gasteiger partial charge < -0.3 is 10.0 Å². The molecule has 8 heteroatoms. The van der Waals surface area contributed by atoms with E-state index in [-0.39, 0.29) is 12.4 Å². The zero-order valence-corrected chi connectivity index (χ0v) is 10.8. The van der Waals surface area contributed by atoms with E-state index >= 15 is 0 Å². The summed E-state index contributed by atoms with van der Waals surface area (Å²) in [5.41, 5.74) is -1.79. The molecule has 1 fully saturated rings. The van der Waals surface area contributed by atoms with Gasteiger partial charge in [0.1, 0.15) is 11.1 Å². The predicted molar refractivity (Wildman–Crippen MR) is 65.7 cm³/mol. The van der Waals surface area contributed by atoms with Crippen LogP contribution in [0.2, 0.25) is 0 Å². The third-order valence-corrected chi connectivity index (χ3v) is 3.14. The molecule has 0 radical (unpaired) electrons. The van der Waals surface area contributed by atoms with E-state index in [1.807, 2.05) is 0 Å². The molecule has 0 spiro atoms. The second kappa shape index (κ2) is 4.55. The second-order valence-electron chi connectivity index (χ2n) is 4.82. The van der Waals surface area contributed by atoms with Gasteiger partial charge in [0.15, 0.2) is 11.6 Å². The van der Waals surface area contributed by atoms with Gasteiger partial charge in [-0.1, -0.05) is 0 Å². The first-order valence-electron chi connectivity index (χ1n) is 5.75. The lowest BCUT2D eigenvalue weighted by molar-refractivity contribution is -0.135. The van der Waals surface area contributed by atoms with E-state index < -0.39 is 34.7 Å². The summed E-state index contributed by atoms with van der Waals surface area (Å²) in [6.07, 6.45) is 1.12. The average Bonchev–Trinajstić information content (AvgIpc) is 2.34. The van der Waals surface area contributed by atoms with Gasteiger partial charge in [-0.05, 0) is 19.9 Å². The number of carbonyl (C=O) groups is 3. The fraction of sp³-hybridized carbons (Fsp3) is 0.333. The van der Waals surface area contributed by atoms with Gasteiger partial charge in [-0.3, -0.25) is 14.9 Å². The van der Waals surface area contributed by atoms with E-state index in [4.69, 9.17) is 5.11 Å². The first-order valence-corrected chi connectivity index (χ1v) is 5.75. The fourth-order valence-corrected chi connectivity index (χ4v) is 1.91. The molecule has 0 bridgehead atoms. The zero-order chi connectivity index (χ0) is 15.1. The highest BCUT2D eigenvalue weighted by molar-refractivity contribution is 6.06. The van der Waals surface area contributed by atoms with Crippen molar-refractivity contribution in [2.75, 3.05) is 11.4 Å². The zero-order valence-electron chi connectivity index (χ0n) is 10.8. The number of hydrogen-bond donors (Lipinski definition) is 2. The highest BCUT2D eigenvalue weighted by atomic mass is 19.1. The van der Waals surface area contributed by atoms with Crippen molar-refractivity contribution in [1.82, 2.24) is 10.3 Å². The highest BCUT2D eigenvalue weighted by Gasteiger charge is 2.43. The molecule has 20 heavy (non-hydrogen) atoms. The van der Waals surface area contributed by atoms with Crippen LogP contribution in [0.1, 0.15) is 24.2 Å². The summed E-state index contributed by atoms with van der Waals surface area (Å²) in [4.78, 5) is 39.1. The van der Waals surface area contributed by atoms with Gasteiger partial charge in [0.2, 0.25) is 5.91 Å². The Morgan fingerprint density at radius 2 is 2.15 bits per heavy atom. The maximum Gasteiger partial charge on any atom is 0.338 e. The molecule has 1 aliphatic rings. The molecule has 0 saturated carbocycles. The molecule has 0 atom stereocenters. The molecule has 0 aromatic carbocycles. The van der Waals surface area contributed by atoms with Crippen LogP contribution in [0.25, 0.3) is 0 Å². The van der Waals surface area contributed by atoms with E-state index in [1.165, 1.54) is 13.8 Å². The Bertz CT molecular complexity index is 615. The number of halogens is 1. The van der Waals surface area contributed by atoms with E-state index in [1.54, 1.807) is 0 Å². The summed E-state index contributed by atoms with van der Waals surface area (Å²) in [5.74, 6) is -4.06. The normalized spacial score (nSPS) is 17.9. The van der Waals surface area contributed by atoms with Crippen LogP contribution < -0.4 is 10.2 Å². The molecule has 0 unspecified atom stereocenters. The largest absolute Gasteiger partial charge is 0.478 e. The summed E-state index contributed by atoms with van der Waals surface area (Å²) >= 11 is 0. The van der Waals surface area contributed by atoms with Crippen molar-refractivity contribution in [3.8, 4) is 0 Å². The number of aromatic nitrogens is 1. The van der Waals surface area contributed by atoms with Crippen molar-refractivity contribution in [2.45, 2.75) is 19.4 Å². The van der Waals surface area contributed by atoms with E-state index in [9.17, 15) is 18.8 Å². The molecule has 2 amide bonds. The summed E-state index contributed by atoms with van der Waals surface area (Å²) in [6, 6.07) is 1.01. The number of amides is 2. The third-order valence-electron chi connectivity index (χ3n) is 3.14. The minimum atomic E-state index is -1.45. The Balaban J connectivity index is 2.55. The molecular formula is C12H12FN3O4. The average molecular weight is 281 g/mol. The lowest BCUT2D eigenvalue weighted by atomic mass is 9.98. The Morgan fingerprint density at radius 1 is 1.50 bits per heavy atom. The number of carboxylic acid groups (broad SMARTS) is 1. The summed E-state index contributed by atoms with van der Waals surface area (Å²) < 4.78 is 14.2. The van der Waals surface area contributed by atoms with Crippen LogP contribution in [0.3, 0.4) is 0 Å². The number of nitrogens with zero attached hydrogens (tertiary/aromatic N) is 2. The number of rotatable bonds is 2. The van der Waals surface area contributed by atoms with Gasteiger partial charge in [0.05, 0.1) is 6.54 Å². The van der Waals surface area contributed by atoms with Crippen LogP contribution >= 0.6 is 0 Å². The van der Waals surface area contributed by atoms with Gasteiger partial charge in [0.25, 0.3) is 5.91 Å². The van der Waals surface area contributed by atoms with Gasteiger partial charge in [0, 0.05) is 6.20 Å². The van der Waals surface area contributed by atoms with Crippen LogP contribution in [0, 0.1) is 5.82 Å². The van der Waals surface area contributed by atoms with Crippen molar-refractivity contribution >= 4 is 23.6 Å². The summed E-state index contributed by atoms with van der Waals surface area (Å²) in [6.45, 7) is 2.69. The number of hydrogen-bond acceptors (Lipinski definition) is 5. The quantitative estimate of drug-likeness (QED) is 0.749. The molecule has 0 aliphatic carbocycles. The Labute approximate surface area is 113 Å². The molecule has 2 rings (SSSR count). The topological polar surface area (TPSA) is 99.6 Å². The third kappa shape index (κ3) is 2.09. The molecule has 1 aromatic rings. The van der Waals surface area contributed by atoms with Crippen molar-refractivity contribution in [3.63, 3.8) is 0 Å². The Kier molecular flexibility index (Phi) is 3.16. The highest BCUT2D eigenvalue weighted by Crippen LogP contribution is 2.28. The first kappa shape index (κ1) is 13.9. The number of carboxylic acids is 1. The standard InChI is InChI=1S/C12H12FN3O4/c1-12(2)11(20)15-7(17)5-16(12)9-8(13)6(10(18)19)3-4-14-9/h3-4H,5H2,1-2H3,(H,18,19)(H,15,17,20). The minimum Gasteiger partial charge on any atom is -0.478 e. The summed E-state index contributed by atoms with van der Waals surface area (Å²) in [5, 5.41) is 11.0. The Hall–Kier alpha value is -2.51. The first-order chi connectivity index (χ1) is 9.25. The number of nitrogens with one attached hydrogen (secondary N) is 1. The molecule has 7 nitrogen and oxygen atoms in total. The number of anilines is 1. The van der Waals surface area contributed by atoms with Crippen molar-refractivity contribution in [1.29, 1.82) is 0 Å². The maximum absolute atomic E-state index is 14.2. The predicted octanol–water partition coefficient (Wildman–Crippen LogP) is 0.160. The molecular weight excluding hydrogens is 269 g/mol. The van der Waals surface area contributed by atoms with E-state index in [0.29, 0.717) is 0 Å². The van der Waals surface area contributed by atoms with Gasteiger partial charge in [-0.15, -0.1) is 0 Å². The Morgan fingerprint density at radius 3 is 2.75 bits per heavy atom. The lowest BCUT2D eigenvalue weighted by Gasteiger charge is -2.41. The SMILES string of the molecule is CC1(C)C(=O)NC(=O)CN1c1nccc(C(=O)O)c1F. The monoisotopic (exact) mass is 281 g/mol. The van der Waals surface area contributed by atoms with E-state index in [2.05, 4.69) is 10.3 Å². The van der Waals surface area contributed by atoms with E-state index in [0.717, 1.165) is 17.2 Å². The van der Waals surface area contributed by atoms with Crippen LogP contribution in [-0.2, 0) is 9.59 Å². The molecule has 1 aliphatic heterocycles. The van der Waals surface area contributed by atoms with Gasteiger partial charge in [-0.25, -0.2) is 14.2 Å². The summed E-state index contributed by atoms with van der Waals surface area (Å²) in [7, 11) is 0. The van der Waals surface area contributed by atoms with Crippen molar-refractivity contribution < 1.29 is 23.9 Å². The number of aromatic carboxylic acids is 1. The molecule has 2 heterocycles. The molecule has 1 saturated heterocycles. The van der Waals surface area contributed by atoms with Crippen molar-refractivity contribution in [3.05, 3.63) is 23.6 Å². The second-order valence-corrected chi connectivity index (χ2v) is 4.82.